The van der Waals surface area contributed by atoms with E-state index in [4.69, 9.17) is 11.6 Å². The summed E-state index contributed by atoms with van der Waals surface area (Å²) >= 11 is 8.08. The van der Waals surface area contributed by atoms with Gasteiger partial charge in [0.25, 0.3) is 5.24 Å². The topological polar surface area (TPSA) is 79.4 Å². The van der Waals surface area contributed by atoms with Crippen molar-refractivity contribution in [1.29, 1.82) is 0 Å². The Kier molecular flexibility index (Phi) is 5.17. The van der Waals surface area contributed by atoms with E-state index in [0.29, 0.717) is 10.2 Å². The van der Waals surface area contributed by atoms with Crippen LogP contribution in [0.25, 0.3) is 0 Å². The number of benzene rings is 1. The lowest BCUT2D eigenvalue weighted by molar-refractivity contribution is -0.129. The van der Waals surface area contributed by atoms with E-state index in [-0.39, 0.29) is 30.0 Å². The molecule has 0 saturated carbocycles. The lowest BCUT2D eigenvalue weighted by Crippen LogP contribution is -2.32. The van der Waals surface area contributed by atoms with Crippen LogP contribution in [0.1, 0.15) is 12.0 Å². The second-order valence-corrected chi connectivity index (χ2v) is 7.50. The van der Waals surface area contributed by atoms with Crippen molar-refractivity contribution < 1.29 is 14.4 Å². The van der Waals surface area contributed by atoms with Crippen LogP contribution in [0.3, 0.4) is 0 Å². The molecule has 2 heterocycles. The molecule has 1 aromatic heterocycles. The minimum Gasteiger partial charge on any atom is -0.302 e. The van der Waals surface area contributed by atoms with Crippen molar-refractivity contribution in [3.05, 3.63) is 46.4 Å². The maximum Gasteiger partial charge on any atom is 0.289 e. The Bertz CT molecular complexity index is 782. The number of aromatic nitrogens is 1. The normalized spacial score (nSPS) is 17.4. The van der Waals surface area contributed by atoms with Gasteiger partial charge in [-0.3, -0.25) is 19.3 Å². The van der Waals surface area contributed by atoms with Gasteiger partial charge in [-0.25, -0.2) is 4.98 Å². The number of carbonyl (C=O) groups is 3. The Hall–Kier alpha value is -1.90. The minimum absolute atomic E-state index is 0.0686. The van der Waals surface area contributed by atoms with E-state index in [1.807, 2.05) is 0 Å². The summed E-state index contributed by atoms with van der Waals surface area (Å²) in [5, 5.41) is 4.29. The summed E-state index contributed by atoms with van der Waals surface area (Å²) in [5.41, 5.74) is 0.762. The molecule has 6 nitrogen and oxygen atoms in total. The van der Waals surface area contributed by atoms with E-state index >= 15 is 0 Å². The summed E-state index contributed by atoms with van der Waals surface area (Å²) in [7, 11) is 0. The Labute approximate surface area is 151 Å². The average molecular weight is 382 g/mol. The standard InChI is InChI=1S/C15H12ClN3O3S2/c16-10-3-1-2-9(6-10)8-19-13(21)11(24-15(19)22)7-12(20)18-14-17-4-5-23-14/h1-6,11H,7-8H2,(H,17,18,20)/t11-/m0/s1. The third-order valence-corrected chi connectivity index (χ3v) is 5.28. The van der Waals surface area contributed by atoms with Gasteiger partial charge in [0.05, 0.1) is 6.54 Å². The van der Waals surface area contributed by atoms with Crippen molar-refractivity contribution >= 4 is 56.9 Å². The highest BCUT2D eigenvalue weighted by atomic mass is 35.5. The van der Waals surface area contributed by atoms with Gasteiger partial charge in [-0.15, -0.1) is 11.3 Å². The molecule has 0 spiro atoms. The van der Waals surface area contributed by atoms with Crippen molar-refractivity contribution in [3.8, 4) is 0 Å². The highest BCUT2D eigenvalue weighted by Crippen LogP contribution is 2.31. The zero-order valence-corrected chi connectivity index (χ0v) is 14.7. The highest BCUT2D eigenvalue weighted by Gasteiger charge is 2.40. The van der Waals surface area contributed by atoms with E-state index in [0.717, 1.165) is 22.2 Å². The van der Waals surface area contributed by atoms with E-state index in [2.05, 4.69) is 10.3 Å². The number of halogens is 1. The molecule has 1 fully saturated rings. The Balaban J connectivity index is 1.62. The number of rotatable bonds is 5. The van der Waals surface area contributed by atoms with E-state index < -0.39 is 5.25 Å². The second kappa shape index (κ2) is 7.33. The molecule has 0 unspecified atom stereocenters. The first-order valence-corrected chi connectivity index (χ1v) is 9.12. The monoisotopic (exact) mass is 381 g/mol. The summed E-state index contributed by atoms with van der Waals surface area (Å²) in [5.74, 6) is -0.701. The number of anilines is 1. The van der Waals surface area contributed by atoms with E-state index in [9.17, 15) is 14.4 Å². The van der Waals surface area contributed by atoms with Crippen LogP contribution < -0.4 is 5.32 Å². The Morgan fingerprint density at radius 2 is 2.21 bits per heavy atom. The maximum atomic E-state index is 12.4. The molecule has 1 aliphatic rings. The summed E-state index contributed by atoms with van der Waals surface area (Å²) in [6.45, 7) is 0.149. The van der Waals surface area contributed by atoms with Crippen LogP contribution in [-0.2, 0) is 16.1 Å². The third kappa shape index (κ3) is 3.95. The van der Waals surface area contributed by atoms with Crippen LogP contribution in [0.15, 0.2) is 35.8 Å². The maximum absolute atomic E-state index is 12.4. The van der Waals surface area contributed by atoms with Crippen molar-refractivity contribution in [2.24, 2.45) is 0 Å². The number of amides is 3. The van der Waals surface area contributed by atoms with Gasteiger partial charge in [-0.05, 0) is 17.7 Å². The second-order valence-electron chi connectivity index (χ2n) is 5.02. The number of imide groups is 1. The van der Waals surface area contributed by atoms with Crippen LogP contribution in [0.5, 0.6) is 0 Å². The predicted molar refractivity (Wildman–Crippen MR) is 94.1 cm³/mol. The van der Waals surface area contributed by atoms with Gasteiger partial charge in [0.1, 0.15) is 5.25 Å². The fourth-order valence-corrected chi connectivity index (χ4v) is 3.96. The molecular formula is C15H12ClN3O3S2. The molecule has 0 aliphatic carbocycles. The minimum atomic E-state index is -0.711. The first-order valence-electron chi connectivity index (χ1n) is 6.98. The lowest BCUT2D eigenvalue weighted by atomic mass is 10.2. The molecule has 0 bridgehead atoms. The molecular weight excluding hydrogens is 370 g/mol. The van der Waals surface area contributed by atoms with Crippen molar-refractivity contribution in [2.75, 3.05) is 5.32 Å². The number of hydrogen-bond acceptors (Lipinski definition) is 6. The SMILES string of the molecule is O=C(C[C@@H]1SC(=O)N(Cc2cccc(Cl)c2)C1=O)Nc1nccs1. The summed E-state index contributed by atoms with van der Waals surface area (Å²) in [4.78, 5) is 41.5. The van der Waals surface area contributed by atoms with E-state index in [1.54, 1.807) is 35.8 Å². The molecule has 1 aromatic carbocycles. The van der Waals surface area contributed by atoms with Crippen molar-refractivity contribution in [2.45, 2.75) is 18.2 Å². The third-order valence-electron chi connectivity index (χ3n) is 3.28. The molecule has 0 radical (unpaired) electrons. The summed E-state index contributed by atoms with van der Waals surface area (Å²) in [6.07, 6.45) is 1.51. The fourth-order valence-electron chi connectivity index (χ4n) is 2.21. The quantitative estimate of drug-likeness (QED) is 0.858. The summed E-state index contributed by atoms with van der Waals surface area (Å²) in [6, 6.07) is 6.98. The molecule has 2 aromatic rings. The zero-order valence-electron chi connectivity index (χ0n) is 12.3. The van der Waals surface area contributed by atoms with Gasteiger partial charge in [0.15, 0.2) is 5.13 Å². The van der Waals surface area contributed by atoms with Gasteiger partial charge in [-0.1, -0.05) is 35.5 Å². The number of nitrogens with zero attached hydrogens (tertiary/aromatic N) is 2. The first kappa shape index (κ1) is 16.9. The molecule has 9 heteroatoms. The van der Waals surface area contributed by atoms with Crippen molar-refractivity contribution in [3.63, 3.8) is 0 Å². The van der Waals surface area contributed by atoms with E-state index in [1.165, 1.54) is 11.3 Å². The fraction of sp³-hybridized carbons (Fsp3) is 0.200. The number of carbonyl (C=O) groups excluding carboxylic acids is 3. The van der Waals surface area contributed by atoms with Crippen LogP contribution in [0, 0.1) is 0 Å². The molecule has 1 atom stereocenters. The molecule has 124 valence electrons. The number of thiazole rings is 1. The number of thioether (sulfide) groups is 1. The number of nitrogens with one attached hydrogen (secondary N) is 1. The van der Waals surface area contributed by atoms with Crippen LogP contribution in [0.2, 0.25) is 5.02 Å². The molecule has 1 aliphatic heterocycles. The lowest BCUT2D eigenvalue weighted by Gasteiger charge is -2.14. The van der Waals surface area contributed by atoms with Crippen LogP contribution in [-0.4, -0.2) is 32.2 Å². The van der Waals surface area contributed by atoms with Gasteiger partial charge in [-0.2, -0.15) is 0 Å². The van der Waals surface area contributed by atoms with Crippen molar-refractivity contribution in [1.82, 2.24) is 9.88 Å². The highest BCUT2D eigenvalue weighted by molar-refractivity contribution is 8.15. The predicted octanol–water partition coefficient (Wildman–Crippen LogP) is 3.39. The molecule has 1 N–H and O–H groups in total. The molecule has 24 heavy (non-hydrogen) atoms. The molecule has 3 rings (SSSR count). The zero-order chi connectivity index (χ0) is 17.1. The van der Waals surface area contributed by atoms with Gasteiger partial charge in [0.2, 0.25) is 11.8 Å². The van der Waals surface area contributed by atoms with Gasteiger partial charge >= 0.3 is 0 Å². The number of hydrogen-bond donors (Lipinski definition) is 1. The average Bonchev–Trinajstić information content (AvgIpc) is 3.12. The van der Waals surface area contributed by atoms with Crippen LogP contribution in [0.4, 0.5) is 9.93 Å². The Morgan fingerprint density at radius 3 is 2.92 bits per heavy atom. The first-order chi connectivity index (χ1) is 11.5. The summed E-state index contributed by atoms with van der Waals surface area (Å²) < 4.78 is 0. The van der Waals surface area contributed by atoms with Gasteiger partial charge in [0, 0.05) is 23.0 Å². The van der Waals surface area contributed by atoms with Crippen LogP contribution >= 0.6 is 34.7 Å². The Morgan fingerprint density at radius 1 is 1.38 bits per heavy atom. The molecule has 1 saturated heterocycles. The van der Waals surface area contributed by atoms with Gasteiger partial charge < -0.3 is 5.32 Å². The molecule has 3 amide bonds. The largest absolute Gasteiger partial charge is 0.302 e. The smallest absolute Gasteiger partial charge is 0.289 e.